The molecule has 0 aromatic rings. The van der Waals surface area contributed by atoms with Gasteiger partial charge in [0.15, 0.2) is 0 Å². The fourth-order valence-electron chi connectivity index (χ4n) is 2.20. The molecule has 1 fully saturated rings. The maximum atomic E-state index is 11.9. The largest absolute Gasteiger partial charge is 0.354 e. The summed E-state index contributed by atoms with van der Waals surface area (Å²) >= 11 is 0. The van der Waals surface area contributed by atoms with Gasteiger partial charge in [-0.25, -0.2) is 0 Å². The van der Waals surface area contributed by atoms with E-state index in [1.54, 1.807) is 0 Å². The molecule has 0 saturated carbocycles. The van der Waals surface area contributed by atoms with Gasteiger partial charge in [-0.3, -0.25) is 9.69 Å². The lowest BCUT2D eigenvalue weighted by atomic mass is 9.99. The van der Waals surface area contributed by atoms with Gasteiger partial charge >= 0.3 is 0 Å². The summed E-state index contributed by atoms with van der Waals surface area (Å²) in [6.45, 7) is 11.4. The van der Waals surface area contributed by atoms with Gasteiger partial charge in [0.2, 0.25) is 5.91 Å². The van der Waals surface area contributed by atoms with Crippen LogP contribution in [0.5, 0.6) is 0 Å². The van der Waals surface area contributed by atoms with Crippen LogP contribution in [0.25, 0.3) is 0 Å². The van der Waals surface area contributed by atoms with E-state index >= 15 is 0 Å². The summed E-state index contributed by atoms with van der Waals surface area (Å²) in [4.78, 5) is 14.2. The summed E-state index contributed by atoms with van der Waals surface area (Å²) in [6.07, 6.45) is 2.53. The average Bonchev–Trinajstić information content (AvgIpc) is 2.24. The maximum Gasteiger partial charge on any atom is 0.237 e. The lowest BCUT2D eigenvalue weighted by Crippen LogP contribution is -2.49. The van der Waals surface area contributed by atoms with Gasteiger partial charge in [0.05, 0.1) is 6.04 Å². The Balaban J connectivity index is 2.37. The van der Waals surface area contributed by atoms with E-state index in [0.717, 1.165) is 25.6 Å². The fraction of sp³-hybridized carbons (Fsp3) is 0.923. The van der Waals surface area contributed by atoms with Crippen molar-refractivity contribution in [3.8, 4) is 0 Å². The van der Waals surface area contributed by atoms with Crippen molar-refractivity contribution in [1.82, 2.24) is 10.2 Å². The molecule has 0 aromatic heterocycles. The molecule has 3 nitrogen and oxygen atoms in total. The number of hydrogen-bond acceptors (Lipinski definition) is 2. The molecule has 1 saturated heterocycles. The molecule has 16 heavy (non-hydrogen) atoms. The zero-order valence-electron chi connectivity index (χ0n) is 11.1. The van der Waals surface area contributed by atoms with Gasteiger partial charge in [0.1, 0.15) is 0 Å². The van der Waals surface area contributed by atoms with Crippen molar-refractivity contribution >= 4 is 5.91 Å². The summed E-state index contributed by atoms with van der Waals surface area (Å²) in [5, 5.41) is 3.01. The van der Waals surface area contributed by atoms with Crippen molar-refractivity contribution in [2.75, 3.05) is 19.6 Å². The molecule has 2 unspecified atom stereocenters. The van der Waals surface area contributed by atoms with Gasteiger partial charge in [0.25, 0.3) is 0 Å². The second-order valence-corrected chi connectivity index (χ2v) is 5.56. The van der Waals surface area contributed by atoms with Crippen molar-refractivity contribution in [1.29, 1.82) is 0 Å². The normalized spacial score (nSPS) is 24.4. The Bertz CT molecular complexity index is 228. The highest BCUT2D eigenvalue weighted by molar-refractivity contribution is 5.81. The standard InChI is InChI=1S/C13H26N2O/c1-10(2)8-14-13(16)12(4)15-7-5-6-11(3)9-15/h10-12H,5-9H2,1-4H3,(H,14,16). The monoisotopic (exact) mass is 226 g/mol. The topological polar surface area (TPSA) is 32.3 Å². The molecule has 1 aliphatic rings. The summed E-state index contributed by atoms with van der Waals surface area (Å²) in [5.41, 5.74) is 0. The van der Waals surface area contributed by atoms with E-state index in [1.165, 1.54) is 12.8 Å². The number of amides is 1. The molecule has 1 aliphatic heterocycles. The van der Waals surface area contributed by atoms with E-state index in [-0.39, 0.29) is 11.9 Å². The number of piperidine rings is 1. The quantitative estimate of drug-likeness (QED) is 0.794. The molecule has 1 N–H and O–H groups in total. The van der Waals surface area contributed by atoms with Crippen LogP contribution in [-0.2, 0) is 4.79 Å². The molecule has 0 bridgehead atoms. The smallest absolute Gasteiger partial charge is 0.237 e. The second kappa shape index (κ2) is 6.24. The van der Waals surface area contributed by atoms with Crippen LogP contribution in [0, 0.1) is 11.8 Å². The lowest BCUT2D eigenvalue weighted by Gasteiger charge is -2.34. The Morgan fingerprint density at radius 2 is 2.12 bits per heavy atom. The number of likely N-dealkylation sites (tertiary alicyclic amines) is 1. The van der Waals surface area contributed by atoms with Crippen molar-refractivity contribution in [2.24, 2.45) is 11.8 Å². The summed E-state index contributed by atoms with van der Waals surface area (Å²) < 4.78 is 0. The van der Waals surface area contributed by atoms with E-state index in [0.29, 0.717) is 5.92 Å². The minimum Gasteiger partial charge on any atom is -0.354 e. The molecule has 3 heteroatoms. The summed E-state index contributed by atoms with van der Waals surface area (Å²) in [6, 6.07) is 0.0292. The molecule has 0 spiro atoms. The van der Waals surface area contributed by atoms with Gasteiger partial charge in [-0.2, -0.15) is 0 Å². The Labute approximate surface area is 99.6 Å². The second-order valence-electron chi connectivity index (χ2n) is 5.56. The zero-order valence-corrected chi connectivity index (χ0v) is 11.1. The van der Waals surface area contributed by atoms with Crippen LogP contribution in [0.1, 0.15) is 40.5 Å². The van der Waals surface area contributed by atoms with Gasteiger partial charge in [-0.15, -0.1) is 0 Å². The summed E-state index contributed by atoms with van der Waals surface area (Å²) in [5.74, 6) is 1.44. The molecule has 94 valence electrons. The van der Waals surface area contributed by atoms with Crippen molar-refractivity contribution < 1.29 is 4.79 Å². The third-order valence-electron chi connectivity index (χ3n) is 3.30. The number of rotatable bonds is 4. The molecular weight excluding hydrogens is 200 g/mol. The van der Waals surface area contributed by atoms with Crippen LogP contribution < -0.4 is 5.32 Å². The van der Waals surface area contributed by atoms with Gasteiger partial charge in [0, 0.05) is 13.1 Å². The highest BCUT2D eigenvalue weighted by Gasteiger charge is 2.25. The third kappa shape index (κ3) is 4.12. The molecule has 2 atom stereocenters. The molecule has 1 amide bonds. The third-order valence-corrected chi connectivity index (χ3v) is 3.30. The van der Waals surface area contributed by atoms with Gasteiger partial charge in [-0.1, -0.05) is 20.8 Å². The van der Waals surface area contributed by atoms with Crippen LogP contribution in [0.2, 0.25) is 0 Å². The van der Waals surface area contributed by atoms with Crippen molar-refractivity contribution in [3.63, 3.8) is 0 Å². The Morgan fingerprint density at radius 1 is 1.44 bits per heavy atom. The van der Waals surface area contributed by atoms with E-state index in [1.807, 2.05) is 6.92 Å². The molecule has 0 radical (unpaired) electrons. The zero-order chi connectivity index (χ0) is 12.1. The van der Waals surface area contributed by atoms with Gasteiger partial charge in [-0.05, 0) is 38.1 Å². The molecule has 1 rings (SSSR count). The number of carbonyl (C=O) groups excluding carboxylic acids is 1. The first kappa shape index (κ1) is 13.5. The summed E-state index contributed by atoms with van der Waals surface area (Å²) in [7, 11) is 0. The predicted octanol–water partition coefficient (Wildman–Crippen LogP) is 1.88. The highest BCUT2D eigenvalue weighted by atomic mass is 16.2. The average molecular weight is 226 g/mol. The lowest BCUT2D eigenvalue weighted by molar-refractivity contribution is -0.126. The van der Waals surface area contributed by atoms with Crippen molar-refractivity contribution in [2.45, 2.75) is 46.6 Å². The number of hydrogen-bond donors (Lipinski definition) is 1. The van der Waals surface area contributed by atoms with E-state index in [2.05, 4.69) is 31.0 Å². The predicted molar refractivity (Wildman–Crippen MR) is 67.3 cm³/mol. The van der Waals surface area contributed by atoms with Crippen LogP contribution >= 0.6 is 0 Å². The molecule has 0 aromatic carbocycles. The SMILES string of the molecule is CC(C)CNC(=O)C(C)N1CCCC(C)C1. The minimum absolute atomic E-state index is 0.0292. The first-order valence-electron chi connectivity index (χ1n) is 6.52. The van der Waals surface area contributed by atoms with E-state index < -0.39 is 0 Å². The fourth-order valence-corrected chi connectivity index (χ4v) is 2.20. The maximum absolute atomic E-state index is 11.9. The molecule has 1 heterocycles. The Hall–Kier alpha value is -0.570. The first-order chi connectivity index (χ1) is 7.50. The molecular formula is C13H26N2O. The van der Waals surface area contributed by atoms with Gasteiger partial charge < -0.3 is 5.32 Å². The minimum atomic E-state index is 0.0292. The van der Waals surface area contributed by atoms with Crippen LogP contribution in [0.4, 0.5) is 0 Å². The van der Waals surface area contributed by atoms with Crippen LogP contribution in [0.3, 0.4) is 0 Å². The van der Waals surface area contributed by atoms with Crippen LogP contribution in [-0.4, -0.2) is 36.5 Å². The van der Waals surface area contributed by atoms with Crippen molar-refractivity contribution in [3.05, 3.63) is 0 Å². The van der Waals surface area contributed by atoms with E-state index in [9.17, 15) is 4.79 Å². The Kier molecular flexibility index (Phi) is 5.26. The number of nitrogens with zero attached hydrogens (tertiary/aromatic N) is 1. The number of nitrogens with one attached hydrogen (secondary N) is 1. The molecule has 0 aliphatic carbocycles. The van der Waals surface area contributed by atoms with E-state index in [4.69, 9.17) is 0 Å². The number of carbonyl (C=O) groups is 1. The Morgan fingerprint density at radius 3 is 2.69 bits per heavy atom. The first-order valence-corrected chi connectivity index (χ1v) is 6.52. The van der Waals surface area contributed by atoms with Crippen LogP contribution in [0.15, 0.2) is 0 Å². The highest BCUT2D eigenvalue weighted by Crippen LogP contribution is 2.17.